The van der Waals surface area contributed by atoms with Gasteiger partial charge in [0.15, 0.2) is 0 Å². The SMILES string of the molecule is Cc1cc2occ(CC(=O)N3CCCC(C(C)N)C3)c2cc1C.Cl. The quantitative estimate of drug-likeness (QED) is 0.920. The highest BCUT2D eigenvalue weighted by atomic mass is 35.5. The maximum atomic E-state index is 12.7. The molecular weight excluding hydrogens is 324 g/mol. The molecule has 2 N–H and O–H groups in total. The molecule has 4 nitrogen and oxygen atoms in total. The van der Waals surface area contributed by atoms with Crippen LogP contribution >= 0.6 is 12.4 Å². The number of furan rings is 1. The summed E-state index contributed by atoms with van der Waals surface area (Å²) in [4.78, 5) is 14.6. The average molecular weight is 351 g/mol. The van der Waals surface area contributed by atoms with E-state index in [2.05, 4.69) is 19.9 Å². The van der Waals surface area contributed by atoms with Crippen molar-refractivity contribution in [2.24, 2.45) is 11.7 Å². The predicted octanol–water partition coefficient (Wildman–Crippen LogP) is 3.60. The minimum absolute atomic E-state index is 0. The third-order valence-electron chi connectivity index (χ3n) is 5.17. The van der Waals surface area contributed by atoms with Crippen molar-refractivity contribution in [2.75, 3.05) is 13.1 Å². The van der Waals surface area contributed by atoms with Crippen molar-refractivity contribution in [1.29, 1.82) is 0 Å². The minimum Gasteiger partial charge on any atom is -0.464 e. The summed E-state index contributed by atoms with van der Waals surface area (Å²) < 4.78 is 5.64. The van der Waals surface area contributed by atoms with Gasteiger partial charge in [0.1, 0.15) is 5.58 Å². The van der Waals surface area contributed by atoms with Gasteiger partial charge in [0.05, 0.1) is 12.7 Å². The van der Waals surface area contributed by atoms with Crippen LogP contribution in [-0.4, -0.2) is 29.9 Å². The molecule has 132 valence electrons. The van der Waals surface area contributed by atoms with E-state index in [1.807, 2.05) is 17.9 Å². The van der Waals surface area contributed by atoms with Crippen molar-refractivity contribution in [1.82, 2.24) is 4.90 Å². The van der Waals surface area contributed by atoms with Gasteiger partial charge in [-0.3, -0.25) is 4.79 Å². The monoisotopic (exact) mass is 350 g/mol. The van der Waals surface area contributed by atoms with E-state index in [-0.39, 0.29) is 24.4 Å². The van der Waals surface area contributed by atoms with Crippen molar-refractivity contribution in [3.8, 4) is 0 Å². The first kappa shape index (κ1) is 18.8. The molecule has 0 spiro atoms. The van der Waals surface area contributed by atoms with Crippen LogP contribution in [0.2, 0.25) is 0 Å². The zero-order valence-electron chi connectivity index (χ0n) is 14.7. The van der Waals surface area contributed by atoms with Crippen LogP contribution in [0.1, 0.15) is 36.5 Å². The zero-order chi connectivity index (χ0) is 16.6. The smallest absolute Gasteiger partial charge is 0.227 e. The second-order valence-electron chi connectivity index (χ2n) is 6.97. The molecule has 1 aromatic heterocycles. The first-order chi connectivity index (χ1) is 11.0. The van der Waals surface area contributed by atoms with Crippen molar-refractivity contribution >= 4 is 29.3 Å². The van der Waals surface area contributed by atoms with Crippen LogP contribution in [-0.2, 0) is 11.2 Å². The molecule has 2 unspecified atom stereocenters. The van der Waals surface area contributed by atoms with Gasteiger partial charge in [-0.1, -0.05) is 0 Å². The average Bonchev–Trinajstić information content (AvgIpc) is 2.90. The van der Waals surface area contributed by atoms with Crippen LogP contribution in [0.4, 0.5) is 0 Å². The van der Waals surface area contributed by atoms with Gasteiger partial charge >= 0.3 is 0 Å². The van der Waals surface area contributed by atoms with Crippen LogP contribution in [0.3, 0.4) is 0 Å². The topological polar surface area (TPSA) is 59.5 Å². The van der Waals surface area contributed by atoms with Gasteiger partial charge in [-0.2, -0.15) is 0 Å². The largest absolute Gasteiger partial charge is 0.464 e. The molecule has 0 radical (unpaired) electrons. The Balaban J connectivity index is 0.00000208. The van der Waals surface area contributed by atoms with Crippen LogP contribution < -0.4 is 5.73 Å². The molecule has 0 saturated carbocycles. The summed E-state index contributed by atoms with van der Waals surface area (Å²) in [6, 6.07) is 4.31. The molecule has 2 atom stereocenters. The van der Waals surface area contributed by atoms with E-state index in [4.69, 9.17) is 10.2 Å². The summed E-state index contributed by atoms with van der Waals surface area (Å²) in [5, 5.41) is 1.06. The lowest BCUT2D eigenvalue weighted by atomic mass is 9.92. The minimum atomic E-state index is 0. The molecule has 1 amide bonds. The van der Waals surface area contributed by atoms with Gasteiger partial charge in [-0.05, 0) is 62.8 Å². The summed E-state index contributed by atoms with van der Waals surface area (Å²) in [6.07, 6.45) is 4.30. The van der Waals surface area contributed by atoms with E-state index >= 15 is 0 Å². The molecule has 1 aliphatic rings. The highest BCUT2D eigenvalue weighted by Gasteiger charge is 2.26. The number of carbonyl (C=O) groups excluding carboxylic acids is 1. The molecule has 2 heterocycles. The summed E-state index contributed by atoms with van der Waals surface area (Å²) in [6.45, 7) is 7.82. The van der Waals surface area contributed by atoms with Crippen molar-refractivity contribution in [3.63, 3.8) is 0 Å². The summed E-state index contributed by atoms with van der Waals surface area (Å²) >= 11 is 0. The van der Waals surface area contributed by atoms with Gasteiger partial charge in [0, 0.05) is 30.1 Å². The van der Waals surface area contributed by atoms with E-state index in [0.717, 1.165) is 42.5 Å². The number of halogens is 1. The molecule has 3 rings (SSSR count). The molecule has 1 saturated heterocycles. The standard InChI is InChI=1S/C19H26N2O2.ClH/c1-12-7-17-16(11-23-18(17)8-13(12)2)9-19(22)21-6-4-5-15(10-21)14(3)20;/h7-8,11,14-15H,4-6,9-10,20H2,1-3H3;1H. The molecule has 5 heteroatoms. The number of benzene rings is 1. The Bertz CT molecular complexity index is 723. The molecular formula is C19H27ClN2O2. The number of piperidine rings is 1. The Kier molecular flexibility index (Phi) is 5.94. The van der Waals surface area contributed by atoms with E-state index in [9.17, 15) is 4.79 Å². The van der Waals surface area contributed by atoms with Crippen LogP contribution in [0.5, 0.6) is 0 Å². The third kappa shape index (κ3) is 3.76. The maximum absolute atomic E-state index is 12.7. The van der Waals surface area contributed by atoms with E-state index in [1.165, 1.54) is 11.1 Å². The third-order valence-corrected chi connectivity index (χ3v) is 5.17. The number of hydrogen-bond acceptors (Lipinski definition) is 3. The molecule has 2 aromatic rings. The highest BCUT2D eigenvalue weighted by molar-refractivity contribution is 5.88. The highest BCUT2D eigenvalue weighted by Crippen LogP contribution is 2.26. The molecule has 1 aliphatic heterocycles. The Morgan fingerprint density at radius 3 is 2.79 bits per heavy atom. The van der Waals surface area contributed by atoms with Gasteiger partial charge in [0.25, 0.3) is 0 Å². The fourth-order valence-electron chi connectivity index (χ4n) is 3.41. The van der Waals surface area contributed by atoms with Crippen molar-refractivity contribution in [3.05, 3.63) is 35.1 Å². The molecule has 0 aliphatic carbocycles. The Hall–Kier alpha value is -1.52. The van der Waals surface area contributed by atoms with Crippen molar-refractivity contribution < 1.29 is 9.21 Å². The lowest BCUT2D eigenvalue weighted by molar-refractivity contribution is -0.132. The van der Waals surface area contributed by atoms with E-state index in [0.29, 0.717) is 12.3 Å². The van der Waals surface area contributed by atoms with Gasteiger partial charge in [-0.15, -0.1) is 12.4 Å². The molecule has 1 aromatic carbocycles. The number of rotatable bonds is 3. The van der Waals surface area contributed by atoms with Gasteiger partial charge in [0.2, 0.25) is 5.91 Å². The molecule has 1 fully saturated rings. The Labute approximate surface area is 149 Å². The Morgan fingerprint density at radius 1 is 1.38 bits per heavy atom. The number of nitrogens with zero attached hydrogens (tertiary/aromatic N) is 1. The Morgan fingerprint density at radius 2 is 2.08 bits per heavy atom. The van der Waals surface area contributed by atoms with Crippen LogP contribution in [0.25, 0.3) is 11.0 Å². The van der Waals surface area contributed by atoms with Crippen molar-refractivity contribution in [2.45, 2.75) is 46.1 Å². The van der Waals surface area contributed by atoms with E-state index < -0.39 is 0 Å². The lowest BCUT2D eigenvalue weighted by Crippen LogP contribution is -2.45. The fourth-order valence-corrected chi connectivity index (χ4v) is 3.41. The lowest BCUT2D eigenvalue weighted by Gasteiger charge is -2.34. The number of fused-ring (bicyclic) bond motifs is 1. The van der Waals surface area contributed by atoms with E-state index in [1.54, 1.807) is 6.26 Å². The molecule has 24 heavy (non-hydrogen) atoms. The number of aryl methyl sites for hydroxylation is 2. The summed E-state index contributed by atoms with van der Waals surface area (Å²) in [5.41, 5.74) is 10.3. The zero-order valence-corrected chi connectivity index (χ0v) is 15.5. The number of likely N-dealkylation sites (tertiary alicyclic amines) is 1. The summed E-state index contributed by atoms with van der Waals surface area (Å²) in [5.74, 6) is 0.593. The first-order valence-corrected chi connectivity index (χ1v) is 8.46. The number of nitrogens with two attached hydrogens (primary N) is 1. The van der Waals surface area contributed by atoms with Gasteiger partial charge in [-0.25, -0.2) is 0 Å². The van der Waals surface area contributed by atoms with Crippen LogP contribution in [0, 0.1) is 19.8 Å². The first-order valence-electron chi connectivity index (χ1n) is 8.46. The molecule has 0 bridgehead atoms. The summed E-state index contributed by atoms with van der Waals surface area (Å²) in [7, 11) is 0. The van der Waals surface area contributed by atoms with Crippen LogP contribution in [0.15, 0.2) is 22.8 Å². The normalized spacial score (nSPS) is 19.2. The number of amides is 1. The maximum Gasteiger partial charge on any atom is 0.227 e. The van der Waals surface area contributed by atoms with Gasteiger partial charge < -0.3 is 15.1 Å². The second kappa shape index (κ2) is 7.58. The fraction of sp³-hybridized carbons (Fsp3) is 0.526. The second-order valence-corrected chi connectivity index (χ2v) is 6.97. The number of carbonyl (C=O) groups is 1. The number of hydrogen-bond donors (Lipinski definition) is 1. The predicted molar refractivity (Wildman–Crippen MR) is 99.6 cm³/mol.